The van der Waals surface area contributed by atoms with Gasteiger partial charge in [0, 0.05) is 13.0 Å². The minimum atomic E-state index is 0.157. The number of hydrogen-bond acceptors (Lipinski definition) is 5. The van der Waals surface area contributed by atoms with Crippen molar-refractivity contribution in [2.45, 2.75) is 26.4 Å². The fourth-order valence-corrected chi connectivity index (χ4v) is 1.61. The second-order valence-corrected chi connectivity index (χ2v) is 4.05. The molecule has 92 valence electrons. The zero-order valence-electron chi connectivity index (χ0n) is 10.3. The quantitative estimate of drug-likeness (QED) is 0.888. The molecule has 1 aromatic carbocycles. The Morgan fingerprint density at radius 1 is 1.33 bits per heavy atom. The lowest BCUT2D eigenvalue weighted by Crippen LogP contribution is -2.18. The molecule has 5 heteroatoms. The molecule has 0 spiro atoms. The summed E-state index contributed by atoms with van der Waals surface area (Å²) >= 11 is 0. The third kappa shape index (κ3) is 2.93. The first kappa shape index (κ1) is 12.3. The highest BCUT2D eigenvalue weighted by atomic mass is 16.4. The zero-order valence-corrected chi connectivity index (χ0v) is 10.3. The molecule has 2 rings (SSSR count). The monoisotopic (exact) mass is 242 g/mol. The first-order valence-electron chi connectivity index (χ1n) is 5.71. The molecule has 0 saturated carbocycles. The molecular formula is C13H14N4O. The summed E-state index contributed by atoms with van der Waals surface area (Å²) in [7, 11) is 0. The van der Waals surface area contributed by atoms with Gasteiger partial charge in [-0.05, 0) is 24.6 Å². The summed E-state index contributed by atoms with van der Waals surface area (Å²) in [6, 6.07) is 9.76. The number of rotatable bonds is 4. The SMILES string of the molecule is Cc1nnc(CNC(C)c2ccc(C#N)cc2)o1. The van der Waals surface area contributed by atoms with Gasteiger partial charge in [0.05, 0.1) is 18.2 Å². The highest BCUT2D eigenvalue weighted by Gasteiger charge is 2.07. The van der Waals surface area contributed by atoms with E-state index in [4.69, 9.17) is 9.68 Å². The standard InChI is InChI=1S/C13H14N4O/c1-9(12-5-3-11(7-14)4-6-12)15-8-13-17-16-10(2)18-13/h3-6,9,15H,8H2,1-2H3. The van der Waals surface area contributed by atoms with E-state index in [2.05, 4.69) is 21.6 Å². The van der Waals surface area contributed by atoms with E-state index in [-0.39, 0.29) is 6.04 Å². The molecule has 0 amide bonds. The van der Waals surface area contributed by atoms with Gasteiger partial charge in [-0.1, -0.05) is 12.1 Å². The van der Waals surface area contributed by atoms with E-state index in [1.165, 1.54) is 0 Å². The van der Waals surface area contributed by atoms with Gasteiger partial charge in [-0.15, -0.1) is 10.2 Å². The van der Waals surface area contributed by atoms with Crippen LogP contribution in [-0.4, -0.2) is 10.2 Å². The summed E-state index contributed by atoms with van der Waals surface area (Å²) in [5.74, 6) is 1.14. The van der Waals surface area contributed by atoms with Gasteiger partial charge in [-0.3, -0.25) is 0 Å². The van der Waals surface area contributed by atoms with Crippen LogP contribution in [0.4, 0.5) is 0 Å². The van der Waals surface area contributed by atoms with Crippen LogP contribution in [0.15, 0.2) is 28.7 Å². The Kier molecular flexibility index (Phi) is 3.70. The molecule has 1 atom stereocenters. The predicted octanol–water partition coefficient (Wildman–Crippen LogP) is 2.10. The molecule has 18 heavy (non-hydrogen) atoms. The van der Waals surface area contributed by atoms with Gasteiger partial charge >= 0.3 is 0 Å². The van der Waals surface area contributed by atoms with E-state index >= 15 is 0 Å². The van der Waals surface area contributed by atoms with Crippen LogP contribution >= 0.6 is 0 Å². The van der Waals surface area contributed by atoms with Crippen LogP contribution < -0.4 is 5.32 Å². The Morgan fingerprint density at radius 3 is 2.61 bits per heavy atom. The predicted molar refractivity (Wildman–Crippen MR) is 65.4 cm³/mol. The van der Waals surface area contributed by atoms with Crippen LogP contribution in [0.5, 0.6) is 0 Å². The molecule has 0 aliphatic rings. The molecule has 0 radical (unpaired) electrons. The highest BCUT2D eigenvalue weighted by Crippen LogP contribution is 2.13. The van der Waals surface area contributed by atoms with Gasteiger partial charge in [0.1, 0.15) is 0 Å². The van der Waals surface area contributed by atoms with Crippen molar-refractivity contribution in [3.8, 4) is 6.07 Å². The maximum atomic E-state index is 8.73. The molecule has 1 aromatic heterocycles. The smallest absolute Gasteiger partial charge is 0.230 e. The van der Waals surface area contributed by atoms with Crippen molar-refractivity contribution in [1.29, 1.82) is 5.26 Å². The minimum Gasteiger partial charge on any atom is -0.424 e. The molecule has 0 aliphatic carbocycles. The van der Waals surface area contributed by atoms with E-state index in [1.54, 1.807) is 6.92 Å². The molecule has 0 bridgehead atoms. The fraction of sp³-hybridized carbons (Fsp3) is 0.308. The Morgan fingerprint density at radius 2 is 2.06 bits per heavy atom. The fourth-order valence-electron chi connectivity index (χ4n) is 1.61. The van der Waals surface area contributed by atoms with E-state index in [1.807, 2.05) is 31.2 Å². The number of aromatic nitrogens is 2. The number of aryl methyl sites for hydroxylation is 1. The molecule has 2 aromatic rings. The van der Waals surface area contributed by atoms with Gasteiger partial charge in [-0.25, -0.2) is 0 Å². The topological polar surface area (TPSA) is 74.7 Å². The molecule has 1 unspecified atom stereocenters. The molecule has 1 N–H and O–H groups in total. The van der Waals surface area contributed by atoms with Crippen molar-refractivity contribution in [1.82, 2.24) is 15.5 Å². The van der Waals surface area contributed by atoms with Gasteiger partial charge in [0.15, 0.2) is 0 Å². The number of nitriles is 1. The van der Waals surface area contributed by atoms with E-state index < -0.39 is 0 Å². The second kappa shape index (κ2) is 5.43. The Bertz CT molecular complexity index is 553. The summed E-state index contributed by atoms with van der Waals surface area (Å²) in [6.45, 7) is 4.34. The van der Waals surface area contributed by atoms with E-state index in [0.29, 0.717) is 23.9 Å². The van der Waals surface area contributed by atoms with Crippen LogP contribution in [0.3, 0.4) is 0 Å². The van der Waals surface area contributed by atoms with Crippen molar-refractivity contribution in [2.24, 2.45) is 0 Å². The summed E-state index contributed by atoms with van der Waals surface area (Å²) in [5.41, 5.74) is 1.78. The van der Waals surface area contributed by atoms with Crippen molar-refractivity contribution < 1.29 is 4.42 Å². The van der Waals surface area contributed by atoms with Gasteiger partial charge in [0.2, 0.25) is 11.8 Å². The maximum Gasteiger partial charge on any atom is 0.230 e. The van der Waals surface area contributed by atoms with Crippen LogP contribution in [0.2, 0.25) is 0 Å². The van der Waals surface area contributed by atoms with Crippen molar-refractivity contribution >= 4 is 0 Å². The molecule has 5 nitrogen and oxygen atoms in total. The lowest BCUT2D eigenvalue weighted by Gasteiger charge is -2.12. The van der Waals surface area contributed by atoms with E-state index in [9.17, 15) is 0 Å². The highest BCUT2D eigenvalue weighted by molar-refractivity contribution is 5.32. The van der Waals surface area contributed by atoms with Crippen LogP contribution in [0.1, 0.15) is 35.9 Å². The molecule has 0 saturated heterocycles. The summed E-state index contributed by atoms with van der Waals surface area (Å²) in [4.78, 5) is 0. The van der Waals surface area contributed by atoms with Crippen LogP contribution in [0.25, 0.3) is 0 Å². The van der Waals surface area contributed by atoms with Crippen molar-refractivity contribution in [3.63, 3.8) is 0 Å². The molecule has 0 aliphatic heterocycles. The first-order valence-corrected chi connectivity index (χ1v) is 5.71. The zero-order chi connectivity index (χ0) is 13.0. The van der Waals surface area contributed by atoms with Crippen molar-refractivity contribution in [3.05, 3.63) is 47.2 Å². The first-order chi connectivity index (χ1) is 8.69. The lowest BCUT2D eigenvalue weighted by molar-refractivity contribution is 0.430. The van der Waals surface area contributed by atoms with E-state index in [0.717, 1.165) is 5.56 Å². The molecule has 0 fully saturated rings. The van der Waals surface area contributed by atoms with Gasteiger partial charge in [-0.2, -0.15) is 5.26 Å². The number of nitrogens with one attached hydrogen (secondary N) is 1. The van der Waals surface area contributed by atoms with Crippen molar-refractivity contribution in [2.75, 3.05) is 0 Å². The van der Waals surface area contributed by atoms with Crippen LogP contribution in [-0.2, 0) is 6.54 Å². The molecule has 1 heterocycles. The Balaban J connectivity index is 1.95. The average molecular weight is 242 g/mol. The summed E-state index contributed by atoms with van der Waals surface area (Å²) in [6.07, 6.45) is 0. The average Bonchev–Trinajstić information content (AvgIpc) is 2.82. The second-order valence-electron chi connectivity index (χ2n) is 4.05. The summed E-state index contributed by atoms with van der Waals surface area (Å²) < 4.78 is 5.28. The summed E-state index contributed by atoms with van der Waals surface area (Å²) in [5, 5.41) is 19.7. The Labute approximate surface area is 105 Å². The van der Waals surface area contributed by atoms with Gasteiger partial charge < -0.3 is 9.73 Å². The largest absolute Gasteiger partial charge is 0.424 e. The minimum absolute atomic E-state index is 0.157. The number of benzene rings is 1. The lowest BCUT2D eigenvalue weighted by atomic mass is 10.1. The third-order valence-electron chi connectivity index (χ3n) is 2.67. The number of hydrogen-bond donors (Lipinski definition) is 1. The maximum absolute atomic E-state index is 8.73. The normalized spacial score (nSPS) is 12.1. The third-order valence-corrected chi connectivity index (χ3v) is 2.67. The molecular weight excluding hydrogens is 228 g/mol. The van der Waals surface area contributed by atoms with Crippen LogP contribution in [0, 0.1) is 18.3 Å². The van der Waals surface area contributed by atoms with Gasteiger partial charge in [0.25, 0.3) is 0 Å². The Hall–Kier alpha value is -2.19. The number of nitrogens with zero attached hydrogens (tertiary/aromatic N) is 3.